The first-order valence-electron chi connectivity index (χ1n) is 10.9. The summed E-state index contributed by atoms with van der Waals surface area (Å²) >= 11 is 0. The normalized spacial score (nSPS) is 16.0. The molecule has 0 bridgehead atoms. The molecule has 0 fully saturated rings. The van der Waals surface area contributed by atoms with Crippen LogP contribution in [0.2, 0.25) is 0 Å². The standard InChI is InChI=1S/C25H26N4O2/c1-17(2)11-12-19-15-28(27-26-19)16-21-13-18-14-29(20-7-4-3-5-8-20)23-10-6-9-22(24(18)23)25(30)31-21/h3-10,14-15,17,21H,11-13,16H2,1-2H3. The first-order chi connectivity index (χ1) is 15.1. The fraction of sp³-hybridized carbons (Fsp3) is 0.320. The molecule has 6 heteroatoms. The van der Waals surface area contributed by atoms with Gasteiger partial charge in [0.25, 0.3) is 0 Å². The molecule has 1 aliphatic heterocycles. The van der Waals surface area contributed by atoms with Crippen molar-refractivity contribution in [2.75, 3.05) is 0 Å². The molecular weight excluding hydrogens is 388 g/mol. The summed E-state index contributed by atoms with van der Waals surface area (Å²) in [5, 5.41) is 9.53. The Bertz CT molecular complexity index is 1220. The van der Waals surface area contributed by atoms with Crippen LogP contribution in [0, 0.1) is 5.92 Å². The Morgan fingerprint density at radius 2 is 1.94 bits per heavy atom. The van der Waals surface area contributed by atoms with E-state index in [2.05, 4.69) is 53.1 Å². The van der Waals surface area contributed by atoms with Crippen molar-refractivity contribution in [1.29, 1.82) is 0 Å². The first kappa shape index (κ1) is 19.5. The summed E-state index contributed by atoms with van der Waals surface area (Å²) in [7, 11) is 0. The summed E-state index contributed by atoms with van der Waals surface area (Å²) in [6, 6.07) is 16.0. The minimum absolute atomic E-state index is 0.277. The zero-order valence-corrected chi connectivity index (χ0v) is 17.9. The third kappa shape index (κ3) is 3.85. The number of aromatic nitrogens is 4. The highest BCUT2D eigenvalue weighted by atomic mass is 16.5. The first-order valence-corrected chi connectivity index (χ1v) is 10.9. The third-order valence-corrected chi connectivity index (χ3v) is 5.84. The number of ether oxygens (including phenoxy) is 1. The molecule has 0 saturated heterocycles. The van der Waals surface area contributed by atoms with Crippen LogP contribution in [0.3, 0.4) is 0 Å². The maximum Gasteiger partial charge on any atom is 0.339 e. The van der Waals surface area contributed by atoms with Crippen molar-refractivity contribution in [3.8, 4) is 5.69 Å². The summed E-state index contributed by atoms with van der Waals surface area (Å²) < 4.78 is 9.82. The Morgan fingerprint density at radius 1 is 1.10 bits per heavy atom. The van der Waals surface area contributed by atoms with Gasteiger partial charge in [0.05, 0.1) is 23.3 Å². The largest absolute Gasteiger partial charge is 0.456 e. The highest BCUT2D eigenvalue weighted by Gasteiger charge is 2.28. The number of benzene rings is 2. The molecule has 158 valence electrons. The Labute approximate surface area is 181 Å². The molecule has 31 heavy (non-hydrogen) atoms. The maximum atomic E-state index is 12.9. The van der Waals surface area contributed by atoms with Gasteiger partial charge >= 0.3 is 5.97 Å². The second-order valence-corrected chi connectivity index (χ2v) is 8.66. The zero-order valence-electron chi connectivity index (χ0n) is 17.9. The highest BCUT2D eigenvalue weighted by molar-refractivity contribution is 6.06. The van der Waals surface area contributed by atoms with E-state index in [0.29, 0.717) is 24.4 Å². The van der Waals surface area contributed by atoms with E-state index in [-0.39, 0.29) is 12.1 Å². The quantitative estimate of drug-likeness (QED) is 0.433. The van der Waals surface area contributed by atoms with Crippen LogP contribution in [0.15, 0.2) is 60.9 Å². The minimum atomic E-state index is -0.297. The predicted molar refractivity (Wildman–Crippen MR) is 119 cm³/mol. The van der Waals surface area contributed by atoms with E-state index in [1.165, 1.54) is 0 Å². The van der Waals surface area contributed by atoms with Gasteiger partial charge in [-0.1, -0.05) is 43.3 Å². The van der Waals surface area contributed by atoms with E-state index < -0.39 is 0 Å². The lowest BCUT2D eigenvalue weighted by atomic mass is 10.0. The van der Waals surface area contributed by atoms with Gasteiger partial charge in [0.15, 0.2) is 0 Å². The lowest BCUT2D eigenvalue weighted by molar-refractivity contribution is 0.0264. The monoisotopic (exact) mass is 414 g/mol. The molecule has 1 unspecified atom stereocenters. The number of aryl methyl sites for hydroxylation is 1. The van der Waals surface area contributed by atoms with E-state index in [4.69, 9.17) is 4.74 Å². The smallest absolute Gasteiger partial charge is 0.339 e. The summed E-state index contributed by atoms with van der Waals surface area (Å²) in [4.78, 5) is 12.9. The second kappa shape index (κ2) is 8.02. The molecular formula is C25H26N4O2. The summed E-state index contributed by atoms with van der Waals surface area (Å²) in [6.45, 7) is 4.90. The van der Waals surface area contributed by atoms with Crippen LogP contribution >= 0.6 is 0 Å². The highest BCUT2D eigenvalue weighted by Crippen LogP contribution is 2.32. The summed E-state index contributed by atoms with van der Waals surface area (Å²) in [5.74, 6) is 0.350. The predicted octanol–water partition coefficient (Wildman–Crippen LogP) is 4.59. The second-order valence-electron chi connectivity index (χ2n) is 8.66. The SMILES string of the molecule is CC(C)CCc1cn(CC2Cc3cn(-c4ccccc4)c4cccc(c34)C(=O)O2)nn1. The lowest BCUT2D eigenvalue weighted by Gasteiger charge is -2.15. The Kier molecular flexibility index (Phi) is 5.06. The van der Waals surface area contributed by atoms with Gasteiger partial charge in [-0.15, -0.1) is 5.10 Å². The molecule has 2 aromatic heterocycles. The van der Waals surface area contributed by atoms with Crippen molar-refractivity contribution in [3.63, 3.8) is 0 Å². The molecule has 1 atom stereocenters. The lowest BCUT2D eigenvalue weighted by Crippen LogP contribution is -2.24. The average Bonchev–Trinajstić information content (AvgIpc) is 3.33. The van der Waals surface area contributed by atoms with Crippen LogP contribution in [0.4, 0.5) is 0 Å². The molecule has 4 aromatic rings. The van der Waals surface area contributed by atoms with Crippen LogP contribution in [0.5, 0.6) is 0 Å². The van der Waals surface area contributed by atoms with Crippen molar-refractivity contribution >= 4 is 16.9 Å². The molecule has 5 rings (SSSR count). The average molecular weight is 415 g/mol. The van der Waals surface area contributed by atoms with E-state index in [9.17, 15) is 4.79 Å². The number of nitrogens with zero attached hydrogens (tertiary/aromatic N) is 4. The molecule has 1 aliphatic rings. The molecule has 2 aromatic carbocycles. The number of carbonyl (C=O) groups excluding carboxylic acids is 1. The van der Waals surface area contributed by atoms with Gasteiger partial charge in [0.2, 0.25) is 0 Å². The molecule has 0 spiro atoms. The maximum absolute atomic E-state index is 12.9. The van der Waals surface area contributed by atoms with E-state index in [1.54, 1.807) is 4.68 Å². The molecule has 0 radical (unpaired) electrons. The van der Waals surface area contributed by atoms with Crippen LogP contribution < -0.4 is 0 Å². The number of esters is 1. The number of rotatable bonds is 6. The topological polar surface area (TPSA) is 61.9 Å². The third-order valence-electron chi connectivity index (χ3n) is 5.84. The van der Waals surface area contributed by atoms with Crippen molar-refractivity contribution in [2.45, 2.75) is 45.8 Å². The van der Waals surface area contributed by atoms with Crippen LogP contribution in [0.1, 0.15) is 41.9 Å². The van der Waals surface area contributed by atoms with Crippen molar-refractivity contribution in [1.82, 2.24) is 19.6 Å². The van der Waals surface area contributed by atoms with Crippen LogP contribution in [0.25, 0.3) is 16.6 Å². The van der Waals surface area contributed by atoms with Crippen molar-refractivity contribution in [3.05, 3.63) is 77.7 Å². The van der Waals surface area contributed by atoms with E-state index >= 15 is 0 Å². The van der Waals surface area contributed by atoms with E-state index in [0.717, 1.165) is 40.7 Å². The van der Waals surface area contributed by atoms with Gasteiger partial charge in [-0.3, -0.25) is 0 Å². The van der Waals surface area contributed by atoms with E-state index in [1.807, 2.05) is 36.5 Å². The summed E-state index contributed by atoms with van der Waals surface area (Å²) in [6.07, 6.45) is 6.44. The van der Waals surface area contributed by atoms with Gasteiger partial charge in [-0.05, 0) is 48.6 Å². The van der Waals surface area contributed by atoms with Crippen LogP contribution in [-0.4, -0.2) is 31.6 Å². The minimum Gasteiger partial charge on any atom is -0.456 e. The number of carbonyl (C=O) groups is 1. The fourth-order valence-corrected chi connectivity index (χ4v) is 4.29. The van der Waals surface area contributed by atoms with Crippen molar-refractivity contribution < 1.29 is 9.53 Å². The van der Waals surface area contributed by atoms with Gasteiger partial charge < -0.3 is 9.30 Å². The Morgan fingerprint density at radius 3 is 2.74 bits per heavy atom. The number of para-hydroxylation sites is 1. The molecule has 0 N–H and O–H groups in total. The van der Waals surface area contributed by atoms with Gasteiger partial charge in [-0.2, -0.15) is 0 Å². The molecule has 3 heterocycles. The molecule has 6 nitrogen and oxygen atoms in total. The fourth-order valence-electron chi connectivity index (χ4n) is 4.29. The van der Waals surface area contributed by atoms with Gasteiger partial charge in [0.1, 0.15) is 6.10 Å². The van der Waals surface area contributed by atoms with Crippen molar-refractivity contribution in [2.24, 2.45) is 5.92 Å². The number of hydrogen-bond acceptors (Lipinski definition) is 4. The number of hydrogen-bond donors (Lipinski definition) is 0. The summed E-state index contributed by atoms with van der Waals surface area (Å²) in [5.41, 5.74) is 4.82. The molecule has 0 aliphatic carbocycles. The zero-order chi connectivity index (χ0) is 21.4. The molecule has 0 saturated carbocycles. The molecule has 0 amide bonds. The Balaban J connectivity index is 1.45. The van der Waals surface area contributed by atoms with Crippen LogP contribution in [-0.2, 0) is 24.1 Å². The van der Waals surface area contributed by atoms with Gasteiger partial charge in [0, 0.05) is 29.9 Å². The number of cyclic esters (lactones) is 1. The Hall–Kier alpha value is -3.41. The van der Waals surface area contributed by atoms with Gasteiger partial charge in [-0.25, -0.2) is 9.48 Å².